The van der Waals surface area contributed by atoms with Crippen molar-refractivity contribution in [3.63, 3.8) is 0 Å². The average molecular weight is 253 g/mol. The van der Waals surface area contributed by atoms with E-state index in [-0.39, 0.29) is 6.61 Å². The second-order valence-corrected chi connectivity index (χ2v) is 4.76. The molecule has 0 amide bonds. The van der Waals surface area contributed by atoms with E-state index < -0.39 is 0 Å². The van der Waals surface area contributed by atoms with Crippen LogP contribution in [-0.4, -0.2) is 27.5 Å². The highest BCUT2D eigenvalue weighted by Crippen LogP contribution is 2.14. The summed E-state index contributed by atoms with van der Waals surface area (Å²) in [5.74, 6) is 0. The molecule has 1 heterocycles. The van der Waals surface area contributed by atoms with Crippen molar-refractivity contribution in [2.24, 2.45) is 0 Å². The van der Waals surface area contributed by atoms with Crippen molar-refractivity contribution in [2.45, 2.75) is 65.1 Å². The number of nitrogens with zero attached hydrogens (tertiary/aromatic N) is 2. The maximum absolute atomic E-state index is 8.95. The minimum atomic E-state index is 0.244. The van der Waals surface area contributed by atoms with Gasteiger partial charge in [-0.15, -0.1) is 0 Å². The van der Waals surface area contributed by atoms with Crippen LogP contribution >= 0.6 is 0 Å². The molecule has 0 aromatic carbocycles. The fourth-order valence-corrected chi connectivity index (χ4v) is 2.19. The van der Waals surface area contributed by atoms with Crippen molar-refractivity contribution >= 4 is 0 Å². The van der Waals surface area contributed by atoms with Crippen LogP contribution in [0.2, 0.25) is 0 Å². The predicted molar refractivity (Wildman–Crippen MR) is 74.5 cm³/mol. The van der Waals surface area contributed by atoms with Crippen LogP contribution in [0.5, 0.6) is 0 Å². The largest absolute Gasteiger partial charge is 0.396 e. The second-order valence-electron chi connectivity index (χ2n) is 4.76. The van der Waals surface area contributed by atoms with Gasteiger partial charge in [0.25, 0.3) is 0 Å². The van der Waals surface area contributed by atoms with Crippen molar-refractivity contribution in [1.29, 1.82) is 0 Å². The Bertz CT molecular complexity index is 321. The highest BCUT2D eigenvalue weighted by Gasteiger charge is 2.09. The maximum Gasteiger partial charge on any atom is 0.0762 e. The lowest BCUT2D eigenvalue weighted by Gasteiger charge is -2.15. The Morgan fingerprint density at radius 2 is 2.00 bits per heavy atom. The van der Waals surface area contributed by atoms with Gasteiger partial charge in [0, 0.05) is 25.4 Å². The maximum atomic E-state index is 8.95. The molecule has 1 rings (SSSR count). The topological polar surface area (TPSA) is 50.1 Å². The molecule has 0 saturated heterocycles. The number of rotatable bonds is 9. The Hall–Kier alpha value is -0.870. The molecule has 18 heavy (non-hydrogen) atoms. The van der Waals surface area contributed by atoms with Gasteiger partial charge in [-0.1, -0.05) is 20.8 Å². The molecule has 0 aliphatic rings. The third-order valence-electron chi connectivity index (χ3n) is 3.52. The third-order valence-corrected chi connectivity index (χ3v) is 3.52. The van der Waals surface area contributed by atoms with Crippen LogP contribution in [-0.2, 0) is 6.54 Å². The molecular weight excluding hydrogens is 226 g/mol. The van der Waals surface area contributed by atoms with E-state index in [2.05, 4.69) is 48.1 Å². The van der Waals surface area contributed by atoms with E-state index in [4.69, 9.17) is 5.11 Å². The minimum absolute atomic E-state index is 0.244. The molecule has 1 unspecified atom stereocenters. The molecule has 0 aliphatic heterocycles. The molecule has 0 saturated carbocycles. The zero-order chi connectivity index (χ0) is 13.4. The van der Waals surface area contributed by atoms with E-state index in [1.54, 1.807) is 0 Å². The molecule has 4 heteroatoms. The molecule has 0 fully saturated rings. The molecule has 1 atom stereocenters. The lowest BCUT2D eigenvalue weighted by atomic mass is 10.1. The van der Waals surface area contributed by atoms with Gasteiger partial charge in [0.1, 0.15) is 0 Å². The third kappa shape index (κ3) is 4.42. The molecule has 0 aliphatic carbocycles. The summed E-state index contributed by atoms with van der Waals surface area (Å²) in [4.78, 5) is 0. The summed E-state index contributed by atoms with van der Waals surface area (Å²) >= 11 is 0. The van der Waals surface area contributed by atoms with Gasteiger partial charge in [-0.2, -0.15) is 5.10 Å². The molecule has 1 aromatic heterocycles. The fraction of sp³-hybridized carbons (Fsp3) is 0.786. The van der Waals surface area contributed by atoms with E-state index >= 15 is 0 Å². The van der Waals surface area contributed by atoms with Crippen LogP contribution in [0.25, 0.3) is 0 Å². The lowest BCUT2D eigenvalue weighted by molar-refractivity contribution is 0.261. The zero-order valence-corrected chi connectivity index (χ0v) is 11.9. The SMILES string of the molecule is CCC(CCO)NCc1ccn(C(CC)CC)n1. The number of aliphatic hydroxyl groups is 1. The first kappa shape index (κ1) is 15.2. The molecule has 104 valence electrons. The van der Waals surface area contributed by atoms with Crippen molar-refractivity contribution in [1.82, 2.24) is 15.1 Å². The molecule has 2 N–H and O–H groups in total. The standard InChI is InChI=1S/C14H27N3O/c1-4-12(8-10-18)15-11-13-7-9-17(16-13)14(5-2)6-3/h7,9,12,14-15,18H,4-6,8,10-11H2,1-3H3. The van der Waals surface area contributed by atoms with Gasteiger partial charge < -0.3 is 10.4 Å². The number of aromatic nitrogens is 2. The van der Waals surface area contributed by atoms with Crippen molar-refractivity contribution < 1.29 is 5.11 Å². The van der Waals surface area contributed by atoms with Crippen molar-refractivity contribution in [3.05, 3.63) is 18.0 Å². The number of nitrogens with one attached hydrogen (secondary N) is 1. The van der Waals surface area contributed by atoms with Crippen LogP contribution in [0, 0.1) is 0 Å². The second kappa shape index (κ2) is 8.27. The Kier molecular flexibility index (Phi) is 6.98. The first-order valence-electron chi connectivity index (χ1n) is 7.13. The highest BCUT2D eigenvalue weighted by atomic mass is 16.3. The number of hydrogen-bond acceptors (Lipinski definition) is 3. The molecular formula is C14H27N3O. The molecule has 4 nitrogen and oxygen atoms in total. The first-order valence-corrected chi connectivity index (χ1v) is 7.13. The van der Waals surface area contributed by atoms with E-state index in [1.807, 2.05) is 0 Å². The molecule has 0 spiro atoms. The average Bonchev–Trinajstić information content (AvgIpc) is 2.85. The van der Waals surface area contributed by atoms with Crippen LogP contribution in [0.1, 0.15) is 58.2 Å². The smallest absolute Gasteiger partial charge is 0.0762 e. The van der Waals surface area contributed by atoms with E-state index in [9.17, 15) is 0 Å². The van der Waals surface area contributed by atoms with Crippen molar-refractivity contribution in [2.75, 3.05) is 6.61 Å². The summed E-state index contributed by atoms with van der Waals surface area (Å²) in [5.41, 5.74) is 1.08. The van der Waals surface area contributed by atoms with E-state index in [0.29, 0.717) is 12.1 Å². The van der Waals surface area contributed by atoms with E-state index in [1.165, 1.54) is 0 Å². The van der Waals surface area contributed by atoms with Gasteiger partial charge in [0.15, 0.2) is 0 Å². The molecule has 0 radical (unpaired) electrons. The summed E-state index contributed by atoms with van der Waals surface area (Å²) < 4.78 is 2.07. The van der Waals surface area contributed by atoms with Gasteiger partial charge in [-0.3, -0.25) is 4.68 Å². The summed E-state index contributed by atoms with van der Waals surface area (Å²) in [6, 6.07) is 2.98. The Morgan fingerprint density at radius 3 is 2.56 bits per heavy atom. The van der Waals surface area contributed by atoms with Gasteiger partial charge in [-0.25, -0.2) is 0 Å². The van der Waals surface area contributed by atoms with Gasteiger partial charge in [0.2, 0.25) is 0 Å². The summed E-state index contributed by atoms with van der Waals surface area (Å²) in [5, 5.41) is 17.0. The number of hydrogen-bond donors (Lipinski definition) is 2. The quantitative estimate of drug-likeness (QED) is 0.711. The molecule has 1 aromatic rings. The summed E-state index contributed by atoms with van der Waals surface area (Å²) in [6.07, 6.45) is 6.15. The first-order chi connectivity index (χ1) is 8.74. The zero-order valence-electron chi connectivity index (χ0n) is 11.9. The normalized spacial score (nSPS) is 13.2. The van der Waals surface area contributed by atoms with Gasteiger partial charge in [-0.05, 0) is 31.7 Å². The van der Waals surface area contributed by atoms with Gasteiger partial charge >= 0.3 is 0 Å². The van der Waals surface area contributed by atoms with Gasteiger partial charge in [0.05, 0.1) is 11.7 Å². The summed E-state index contributed by atoms with van der Waals surface area (Å²) in [6.45, 7) is 7.56. The predicted octanol–water partition coefficient (Wildman–Crippen LogP) is 2.49. The van der Waals surface area contributed by atoms with Crippen LogP contribution < -0.4 is 5.32 Å². The van der Waals surface area contributed by atoms with Crippen LogP contribution in [0.4, 0.5) is 0 Å². The van der Waals surface area contributed by atoms with Crippen LogP contribution in [0.3, 0.4) is 0 Å². The Morgan fingerprint density at radius 1 is 1.28 bits per heavy atom. The monoisotopic (exact) mass is 253 g/mol. The summed E-state index contributed by atoms with van der Waals surface area (Å²) in [7, 11) is 0. The highest BCUT2D eigenvalue weighted by molar-refractivity contribution is 4.99. The molecule has 0 bridgehead atoms. The fourth-order valence-electron chi connectivity index (χ4n) is 2.19. The number of aliphatic hydroxyl groups excluding tert-OH is 1. The minimum Gasteiger partial charge on any atom is -0.396 e. The Balaban J connectivity index is 2.48. The van der Waals surface area contributed by atoms with Crippen LogP contribution in [0.15, 0.2) is 12.3 Å². The van der Waals surface area contributed by atoms with E-state index in [0.717, 1.165) is 37.9 Å². The van der Waals surface area contributed by atoms with Crippen molar-refractivity contribution in [3.8, 4) is 0 Å². The Labute approximate surface area is 110 Å². The lowest BCUT2D eigenvalue weighted by Crippen LogP contribution is -2.29.